The average Bonchev–Trinajstić information content (AvgIpc) is 2.64. The van der Waals surface area contributed by atoms with E-state index in [1.807, 2.05) is 60.4 Å². The van der Waals surface area contributed by atoms with Crippen LogP contribution in [0.4, 0.5) is 0 Å². The molecule has 1 aliphatic rings. The van der Waals surface area contributed by atoms with Crippen molar-refractivity contribution in [3.05, 3.63) is 71.3 Å². The molecule has 1 fully saturated rings. The Balaban J connectivity index is 1.53. The Bertz CT molecular complexity index is 730. The molecule has 0 aromatic heterocycles. The molecule has 25 heavy (non-hydrogen) atoms. The molecule has 0 aliphatic carbocycles. The number of hydrogen-bond donors (Lipinski definition) is 1. The van der Waals surface area contributed by atoms with Crippen molar-refractivity contribution in [3.63, 3.8) is 0 Å². The van der Waals surface area contributed by atoms with E-state index in [0.717, 1.165) is 43.9 Å². The number of aromatic hydroxyl groups is 1. The Morgan fingerprint density at radius 2 is 1.64 bits per heavy atom. The first-order valence-electron chi connectivity index (χ1n) is 8.65. The maximum absolute atomic E-state index is 12.6. The second-order valence-corrected chi connectivity index (χ2v) is 6.47. The molecule has 1 heterocycles. The van der Waals surface area contributed by atoms with Crippen LogP contribution in [0.2, 0.25) is 0 Å². The summed E-state index contributed by atoms with van der Waals surface area (Å²) in [7, 11) is 0. The van der Waals surface area contributed by atoms with Crippen molar-refractivity contribution in [2.45, 2.75) is 13.5 Å². The van der Waals surface area contributed by atoms with E-state index in [1.54, 1.807) is 12.1 Å². The minimum atomic E-state index is 0.119. The lowest BCUT2D eigenvalue weighted by atomic mass is 10.1. The van der Waals surface area contributed by atoms with Crippen molar-refractivity contribution >= 4 is 12.0 Å². The minimum absolute atomic E-state index is 0.119. The molecule has 0 spiro atoms. The van der Waals surface area contributed by atoms with E-state index in [0.29, 0.717) is 5.75 Å². The van der Waals surface area contributed by atoms with Crippen molar-refractivity contribution in [3.8, 4) is 5.75 Å². The van der Waals surface area contributed by atoms with E-state index in [2.05, 4.69) is 4.90 Å². The summed E-state index contributed by atoms with van der Waals surface area (Å²) in [4.78, 5) is 16.9. The lowest BCUT2D eigenvalue weighted by Gasteiger charge is -2.35. The third-order valence-electron chi connectivity index (χ3n) is 4.52. The van der Waals surface area contributed by atoms with Crippen LogP contribution in [0.25, 0.3) is 6.08 Å². The lowest BCUT2D eigenvalue weighted by molar-refractivity contribution is -0.128. The van der Waals surface area contributed by atoms with Gasteiger partial charge in [-0.25, -0.2) is 0 Å². The van der Waals surface area contributed by atoms with Crippen LogP contribution >= 0.6 is 0 Å². The van der Waals surface area contributed by atoms with Gasteiger partial charge in [0.05, 0.1) is 0 Å². The first kappa shape index (κ1) is 17.2. The number of carbonyl (C=O) groups excluding carboxylic acids is 1. The predicted molar refractivity (Wildman–Crippen MR) is 100 cm³/mol. The van der Waals surface area contributed by atoms with Gasteiger partial charge in [-0.1, -0.05) is 42.5 Å². The van der Waals surface area contributed by atoms with Crippen LogP contribution in [-0.2, 0) is 11.3 Å². The number of hydrogen-bond acceptors (Lipinski definition) is 3. The molecule has 2 aromatic carbocycles. The van der Waals surface area contributed by atoms with Gasteiger partial charge in [-0.15, -0.1) is 0 Å². The minimum Gasteiger partial charge on any atom is -0.508 e. The van der Waals surface area contributed by atoms with Gasteiger partial charge in [0.1, 0.15) is 5.75 Å². The van der Waals surface area contributed by atoms with Crippen LogP contribution in [-0.4, -0.2) is 47.0 Å². The molecule has 0 saturated carbocycles. The van der Waals surface area contributed by atoms with E-state index in [1.165, 1.54) is 5.56 Å². The van der Waals surface area contributed by atoms with Gasteiger partial charge in [-0.2, -0.15) is 0 Å². The summed E-state index contributed by atoms with van der Waals surface area (Å²) in [6, 6.07) is 17.3. The number of carbonyl (C=O) groups is 1. The van der Waals surface area contributed by atoms with Crippen molar-refractivity contribution in [1.82, 2.24) is 9.80 Å². The number of phenols is 1. The number of phenolic OH excluding ortho intramolecular Hbond substituents is 1. The zero-order valence-electron chi connectivity index (χ0n) is 14.6. The number of rotatable bonds is 4. The summed E-state index contributed by atoms with van der Waals surface area (Å²) in [5.74, 6) is 0.410. The zero-order chi connectivity index (χ0) is 17.6. The molecule has 0 radical (unpaired) electrons. The van der Waals surface area contributed by atoms with Crippen LogP contribution in [0.5, 0.6) is 5.75 Å². The first-order chi connectivity index (χ1) is 12.1. The Hall–Kier alpha value is -2.59. The fourth-order valence-electron chi connectivity index (χ4n) is 3.08. The van der Waals surface area contributed by atoms with Gasteiger partial charge in [-0.3, -0.25) is 9.69 Å². The molecule has 1 aliphatic heterocycles. The van der Waals surface area contributed by atoms with E-state index >= 15 is 0 Å². The van der Waals surface area contributed by atoms with Crippen LogP contribution in [0.15, 0.2) is 60.2 Å². The zero-order valence-corrected chi connectivity index (χ0v) is 14.6. The van der Waals surface area contributed by atoms with Crippen molar-refractivity contribution in [2.75, 3.05) is 26.2 Å². The molecular formula is C21H24N2O2. The third kappa shape index (κ3) is 4.70. The third-order valence-corrected chi connectivity index (χ3v) is 4.52. The second-order valence-electron chi connectivity index (χ2n) is 6.47. The van der Waals surface area contributed by atoms with Gasteiger partial charge in [0, 0.05) is 38.3 Å². The molecule has 4 nitrogen and oxygen atoms in total. The highest BCUT2D eigenvalue weighted by molar-refractivity contribution is 5.97. The Kier molecular flexibility index (Phi) is 5.51. The highest BCUT2D eigenvalue weighted by Gasteiger charge is 2.21. The molecule has 1 amide bonds. The van der Waals surface area contributed by atoms with Crippen LogP contribution in [0.1, 0.15) is 18.1 Å². The smallest absolute Gasteiger partial charge is 0.249 e. The van der Waals surface area contributed by atoms with Crippen molar-refractivity contribution in [1.29, 1.82) is 0 Å². The van der Waals surface area contributed by atoms with Crippen molar-refractivity contribution in [2.24, 2.45) is 0 Å². The number of amides is 1. The van der Waals surface area contributed by atoms with Crippen LogP contribution in [0.3, 0.4) is 0 Å². The van der Waals surface area contributed by atoms with Crippen LogP contribution < -0.4 is 0 Å². The largest absolute Gasteiger partial charge is 0.508 e. The molecular weight excluding hydrogens is 312 g/mol. The summed E-state index contributed by atoms with van der Waals surface area (Å²) < 4.78 is 0. The Morgan fingerprint density at radius 1 is 1.00 bits per heavy atom. The highest BCUT2D eigenvalue weighted by atomic mass is 16.3. The van der Waals surface area contributed by atoms with E-state index in [9.17, 15) is 9.90 Å². The average molecular weight is 336 g/mol. The molecule has 3 rings (SSSR count). The second kappa shape index (κ2) is 7.99. The molecule has 1 saturated heterocycles. The van der Waals surface area contributed by atoms with Gasteiger partial charge in [0.2, 0.25) is 5.91 Å². The summed E-state index contributed by atoms with van der Waals surface area (Å²) in [6.07, 6.45) is 1.95. The summed E-state index contributed by atoms with van der Waals surface area (Å²) in [5.41, 5.74) is 3.01. The topological polar surface area (TPSA) is 43.8 Å². The predicted octanol–water partition coefficient (Wildman–Crippen LogP) is 3.14. The van der Waals surface area contributed by atoms with E-state index in [-0.39, 0.29) is 5.91 Å². The molecule has 0 unspecified atom stereocenters. The Morgan fingerprint density at radius 3 is 2.28 bits per heavy atom. The van der Waals surface area contributed by atoms with Gasteiger partial charge in [0.25, 0.3) is 0 Å². The molecule has 130 valence electrons. The molecule has 0 bridgehead atoms. The van der Waals surface area contributed by atoms with Gasteiger partial charge >= 0.3 is 0 Å². The maximum Gasteiger partial charge on any atom is 0.249 e. The highest BCUT2D eigenvalue weighted by Crippen LogP contribution is 2.15. The number of nitrogens with zero attached hydrogens (tertiary/aromatic N) is 2. The fraction of sp³-hybridized carbons (Fsp3) is 0.286. The molecule has 4 heteroatoms. The van der Waals surface area contributed by atoms with E-state index < -0.39 is 0 Å². The van der Waals surface area contributed by atoms with Gasteiger partial charge in [0.15, 0.2) is 0 Å². The standard InChI is InChI=1S/C21H24N2O2/c1-17(15-18-5-3-2-4-6-18)21(25)23-13-11-22(12-14-23)16-19-7-9-20(24)10-8-19/h2-10,15,24H,11-14,16H2,1H3/b17-15+. The fourth-order valence-corrected chi connectivity index (χ4v) is 3.08. The van der Waals surface area contributed by atoms with E-state index in [4.69, 9.17) is 0 Å². The maximum atomic E-state index is 12.6. The molecule has 0 atom stereocenters. The number of piperazine rings is 1. The van der Waals surface area contributed by atoms with Gasteiger partial charge in [-0.05, 0) is 36.3 Å². The Labute approximate surface area is 149 Å². The SMILES string of the molecule is C/C(=C\c1ccccc1)C(=O)N1CCN(Cc2ccc(O)cc2)CC1. The quantitative estimate of drug-likeness (QED) is 0.873. The number of benzene rings is 2. The molecule has 1 N–H and O–H groups in total. The first-order valence-corrected chi connectivity index (χ1v) is 8.65. The normalized spacial score (nSPS) is 16.0. The lowest BCUT2D eigenvalue weighted by Crippen LogP contribution is -2.48. The monoisotopic (exact) mass is 336 g/mol. The van der Waals surface area contributed by atoms with Gasteiger partial charge < -0.3 is 10.0 Å². The summed E-state index contributed by atoms with van der Waals surface area (Å²) >= 11 is 0. The summed E-state index contributed by atoms with van der Waals surface area (Å²) in [6.45, 7) is 5.96. The molecule has 2 aromatic rings. The summed E-state index contributed by atoms with van der Waals surface area (Å²) in [5, 5.41) is 9.35. The van der Waals surface area contributed by atoms with Crippen molar-refractivity contribution < 1.29 is 9.90 Å². The van der Waals surface area contributed by atoms with Crippen LogP contribution in [0, 0.1) is 0 Å².